The number of hydrogen-bond acceptors (Lipinski definition) is 4. The Labute approximate surface area is 121 Å². The fourth-order valence-electron chi connectivity index (χ4n) is 2.82. The molecule has 1 aromatic carbocycles. The highest BCUT2D eigenvalue weighted by molar-refractivity contribution is 5.41. The Kier molecular flexibility index (Phi) is 4.55. The van der Waals surface area contributed by atoms with Crippen molar-refractivity contribution in [1.82, 2.24) is 4.90 Å². The van der Waals surface area contributed by atoms with E-state index in [2.05, 4.69) is 18.7 Å². The van der Waals surface area contributed by atoms with Crippen molar-refractivity contribution in [2.45, 2.75) is 26.4 Å². The summed E-state index contributed by atoms with van der Waals surface area (Å²) in [7, 11) is 3.25. The molecular formula is C16H25NO3. The molecule has 1 atom stereocenters. The van der Waals surface area contributed by atoms with Gasteiger partial charge in [0.15, 0.2) is 0 Å². The molecule has 1 aliphatic rings. The molecule has 4 nitrogen and oxygen atoms in total. The topological polar surface area (TPSA) is 41.9 Å². The van der Waals surface area contributed by atoms with E-state index in [1.165, 1.54) is 6.42 Å². The van der Waals surface area contributed by atoms with Crippen LogP contribution in [-0.2, 0) is 0 Å². The fourth-order valence-corrected chi connectivity index (χ4v) is 2.82. The summed E-state index contributed by atoms with van der Waals surface area (Å²) >= 11 is 0. The molecule has 0 radical (unpaired) electrons. The van der Waals surface area contributed by atoms with Crippen LogP contribution in [0.25, 0.3) is 0 Å². The molecule has 1 saturated heterocycles. The molecule has 112 valence electrons. The number of likely N-dealkylation sites (tertiary alicyclic amines) is 1. The van der Waals surface area contributed by atoms with Gasteiger partial charge < -0.3 is 14.6 Å². The zero-order chi connectivity index (χ0) is 14.8. The third-order valence-corrected chi connectivity index (χ3v) is 3.98. The Balaban J connectivity index is 2.10. The van der Waals surface area contributed by atoms with Crippen LogP contribution in [0.1, 0.15) is 31.9 Å². The predicted octanol–water partition coefficient (Wildman–Crippen LogP) is 2.47. The number of β-amino-alcohol motifs (C(OH)–C–C–N with tert-alkyl or cyclic N) is 1. The summed E-state index contributed by atoms with van der Waals surface area (Å²) in [5.41, 5.74) is 1.13. The van der Waals surface area contributed by atoms with Gasteiger partial charge in [0.25, 0.3) is 0 Å². The number of hydrogen-bond donors (Lipinski definition) is 1. The molecule has 2 rings (SSSR count). The van der Waals surface area contributed by atoms with Crippen molar-refractivity contribution in [2.75, 3.05) is 33.9 Å². The molecule has 0 saturated carbocycles. The lowest BCUT2D eigenvalue weighted by Crippen LogP contribution is -2.28. The van der Waals surface area contributed by atoms with Gasteiger partial charge in [-0.1, -0.05) is 13.8 Å². The van der Waals surface area contributed by atoms with E-state index in [0.29, 0.717) is 17.7 Å². The van der Waals surface area contributed by atoms with E-state index in [4.69, 9.17) is 9.47 Å². The minimum Gasteiger partial charge on any atom is -0.497 e. The SMILES string of the molecule is COc1ccc(OC)c(C(O)CN2CCC(C)(C)C2)c1. The van der Waals surface area contributed by atoms with Crippen LogP contribution >= 0.6 is 0 Å². The van der Waals surface area contributed by atoms with Crippen molar-refractivity contribution in [3.8, 4) is 11.5 Å². The van der Waals surface area contributed by atoms with E-state index in [1.54, 1.807) is 14.2 Å². The van der Waals surface area contributed by atoms with Crippen LogP contribution < -0.4 is 9.47 Å². The van der Waals surface area contributed by atoms with E-state index in [-0.39, 0.29) is 0 Å². The highest BCUT2D eigenvalue weighted by atomic mass is 16.5. The number of nitrogens with zero attached hydrogens (tertiary/aromatic N) is 1. The molecule has 1 aromatic rings. The van der Waals surface area contributed by atoms with Crippen molar-refractivity contribution < 1.29 is 14.6 Å². The second-order valence-electron chi connectivity index (χ2n) is 6.27. The minimum atomic E-state index is -0.561. The molecule has 1 fully saturated rings. The zero-order valence-corrected chi connectivity index (χ0v) is 12.8. The van der Waals surface area contributed by atoms with Gasteiger partial charge in [0.1, 0.15) is 11.5 Å². The monoisotopic (exact) mass is 279 g/mol. The molecule has 4 heteroatoms. The molecule has 0 amide bonds. The summed E-state index contributed by atoms with van der Waals surface area (Å²) in [5.74, 6) is 1.44. The summed E-state index contributed by atoms with van der Waals surface area (Å²) in [6, 6.07) is 5.53. The first kappa shape index (κ1) is 15.1. The number of ether oxygens (including phenoxy) is 2. The first-order chi connectivity index (χ1) is 9.45. The second kappa shape index (κ2) is 6.02. The van der Waals surface area contributed by atoms with E-state index in [9.17, 15) is 5.11 Å². The van der Waals surface area contributed by atoms with E-state index >= 15 is 0 Å². The van der Waals surface area contributed by atoms with Gasteiger partial charge in [0, 0.05) is 18.7 Å². The average molecular weight is 279 g/mol. The van der Waals surface area contributed by atoms with Gasteiger partial charge >= 0.3 is 0 Å². The number of aliphatic hydroxyl groups is 1. The number of rotatable bonds is 5. The fraction of sp³-hybridized carbons (Fsp3) is 0.625. The molecule has 0 bridgehead atoms. The minimum absolute atomic E-state index is 0.345. The highest BCUT2D eigenvalue weighted by Crippen LogP contribution is 2.33. The van der Waals surface area contributed by atoms with Gasteiger partial charge in [-0.15, -0.1) is 0 Å². The Morgan fingerprint density at radius 2 is 2.05 bits per heavy atom. The second-order valence-corrected chi connectivity index (χ2v) is 6.27. The Hall–Kier alpha value is -1.26. The Morgan fingerprint density at radius 3 is 2.60 bits per heavy atom. The van der Waals surface area contributed by atoms with Gasteiger partial charge in [0.05, 0.1) is 20.3 Å². The standard InChI is InChI=1S/C16H25NO3/c1-16(2)7-8-17(11-16)10-14(18)13-9-12(19-3)5-6-15(13)20-4/h5-6,9,14,18H,7-8,10-11H2,1-4H3. The van der Waals surface area contributed by atoms with Crippen molar-refractivity contribution in [2.24, 2.45) is 5.41 Å². The lowest BCUT2D eigenvalue weighted by atomic mass is 9.93. The third kappa shape index (κ3) is 3.44. The number of benzene rings is 1. The summed E-state index contributed by atoms with van der Waals surface area (Å²) < 4.78 is 10.6. The summed E-state index contributed by atoms with van der Waals surface area (Å²) in [4.78, 5) is 2.31. The van der Waals surface area contributed by atoms with Crippen molar-refractivity contribution in [3.63, 3.8) is 0 Å². The molecular weight excluding hydrogens is 254 g/mol. The Morgan fingerprint density at radius 1 is 1.30 bits per heavy atom. The maximum atomic E-state index is 10.5. The van der Waals surface area contributed by atoms with E-state index < -0.39 is 6.10 Å². The van der Waals surface area contributed by atoms with Crippen LogP contribution in [0.5, 0.6) is 11.5 Å². The average Bonchev–Trinajstić information content (AvgIpc) is 2.77. The van der Waals surface area contributed by atoms with Crippen LogP contribution in [0.15, 0.2) is 18.2 Å². The molecule has 1 heterocycles. The van der Waals surface area contributed by atoms with Crippen molar-refractivity contribution in [3.05, 3.63) is 23.8 Å². The molecule has 1 unspecified atom stereocenters. The first-order valence-electron chi connectivity index (χ1n) is 7.07. The maximum absolute atomic E-state index is 10.5. The largest absolute Gasteiger partial charge is 0.497 e. The van der Waals surface area contributed by atoms with E-state index in [0.717, 1.165) is 24.4 Å². The van der Waals surface area contributed by atoms with Crippen LogP contribution in [0, 0.1) is 5.41 Å². The van der Waals surface area contributed by atoms with E-state index in [1.807, 2.05) is 18.2 Å². The maximum Gasteiger partial charge on any atom is 0.124 e. The Bertz CT molecular complexity index is 459. The summed E-state index contributed by atoms with van der Waals surface area (Å²) in [5, 5.41) is 10.5. The first-order valence-corrected chi connectivity index (χ1v) is 7.07. The molecule has 0 spiro atoms. The quantitative estimate of drug-likeness (QED) is 0.899. The van der Waals surface area contributed by atoms with Gasteiger partial charge in [-0.3, -0.25) is 4.90 Å². The van der Waals surface area contributed by atoms with Gasteiger partial charge in [-0.2, -0.15) is 0 Å². The molecule has 20 heavy (non-hydrogen) atoms. The highest BCUT2D eigenvalue weighted by Gasteiger charge is 2.30. The summed E-state index contributed by atoms with van der Waals surface area (Å²) in [6.45, 7) is 7.23. The van der Waals surface area contributed by atoms with Crippen LogP contribution in [-0.4, -0.2) is 43.9 Å². The van der Waals surface area contributed by atoms with Gasteiger partial charge in [-0.25, -0.2) is 0 Å². The van der Waals surface area contributed by atoms with Gasteiger partial charge in [-0.05, 0) is 36.6 Å². The molecule has 1 aliphatic heterocycles. The number of methoxy groups -OCH3 is 2. The van der Waals surface area contributed by atoms with Crippen LogP contribution in [0.2, 0.25) is 0 Å². The van der Waals surface area contributed by atoms with Crippen LogP contribution in [0.4, 0.5) is 0 Å². The van der Waals surface area contributed by atoms with Gasteiger partial charge in [0.2, 0.25) is 0 Å². The van der Waals surface area contributed by atoms with Crippen molar-refractivity contribution >= 4 is 0 Å². The van der Waals surface area contributed by atoms with Crippen molar-refractivity contribution in [1.29, 1.82) is 0 Å². The molecule has 0 aromatic heterocycles. The zero-order valence-electron chi connectivity index (χ0n) is 12.8. The lowest BCUT2D eigenvalue weighted by molar-refractivity contribution is 0.118. The predicted molar refractivity (Wildman–Crippen MR) is 79.3 cm³/mol. The molecule has 0 aliphatic carbocycles. The normalized spacial score (nSPS) is 19.9. The third-order valence-electron chi connectivity index (χ3n) is 3.98. The number of aliphatic hydroxyl groups excluding tert-OH is 1. The smallest absolute Gasteiger partial charge is 0.124 e. The summed E-state index contributed by atoms with van der Waals surface area (Å²) in [6.07, 6.45) is 0.614. The molecule has 1 N–H and O–H groups in total. The van der Waals surface area contributed by atoms with Crippen LogP contribution in [0.3, 0.4) is 0 Å². The lowest BCUT2D eigenvalue weighted by Gasteiger charge is -2.23.